The van der Waals surface area contributed by atoms with Gasteiger partial charge in [0.25, 0.3) is 0 Å². The van der Waals surface area contributed by atoms with Crippen LogP contribution in [0.3, 0.4) is 0 Å². The molecule has 0 aromatic rings. The summed E-state index contributed by atoms with van der Waals surface area (Å²) in [6.45, 7) is -2.01. The van der Waals surface area contributed by atoms with E-state index >= 15 is 0 Å². The Morgan fingerprint density at radius 3 is 1.77 bits per heavy atom. The standard InChI is InChI=1S/C24H38O22S.Na/c25-1-5-9(27)18(44-22-12(30)17-10(28)7(41-22)3-37-17)13(31)23(40-5)43-15-8-4-38-19(15)14(32)24(42-8)45-20-11(29)21(33)39-6(2-26)16(20)46-47(34,35)36;/h5-33H,1-4H2,(H,34,35,36);/q;+1/p-1/t5-,6-,7-,8-,9+,10?,11-,12-,13-,14-,15?,16+,17+,18+,19-,20-,21-,22-,23+,24-;/m1./s1. The van der Waals surface area contributed by atoms with Crippen molar-refractivity contribution in [2.75, 3.05) is 26.4 Å². The number of ether oxygens (including phenoxy) is 9. The quantitative estimate of drug-likeness (QED) is 0.0572. The zero-order chi connectivity index (χ0) is 33.9. The van der Waals surface area contributed by atoms with Crippen LogP contribution < -0.4 is 29.6 Å². The summed E-state index contributed by atoms with van der Waals surface area (Å²) in [5.41, 5.74) is 0. The summed E-state index contributed by atoms with van der Waals surface area (Å²) in [7, 11) is -5.45. The van der Waals surface area contributed by atoms with Crippen molar-refractivity contribution in [3.05, 3.63) is 0 Å². The normalized spacial score (nSPS) is 52.2. The monoisotopic (exact) mass is 732 g/mol. The molecule has 9 N–H and O–H groups in total. The molecule has 6 aliphatic rings. The number of aliphatic hydroxyl groups excluding tert-OH is 9. The van der Waals surface area contributed by atoms with E-state index in [9.17, 15) is 58.9 Å². The van der Waals surface area contributed by atoms with Crippen molar-refractivity contribution in [2.45, 2.75) is 123 Å². The molecule has 0 aromatic carbocycles. The van der Waals surface area contributed by atoms with Gasteiger partial charge in [0.1, 0.15) is 97.7 Å². The minimum absolute atomic E-state index is 0. The molecule has 6 rings (SSSR count). The molecule has 0 aromatic heterocycles. The van der Waals surface area contributed by atoms with E-state index in [1.807, 2.05) is 0 Å². The van der Waals surface area contributed by atoms with Gasteiger partial charge in [-0.05, 0) is 0 Å². The molecule has 6 saturated heterocycles. The topological polar surface area (TPSA) is 332 Å². The van der Waals surface area contributed by atoms with Crippen LogP contribution in [-0.4, -0.2) is 208 Å². The van der Waals surface area contributed by atoms with Gasteiger partial charge in [0.05, 0.1) is 26.4 Å². The third-order valence-electron chi connectivity index (χ3n) is 8.90. The van der Waals surface area contributed by atoms with E-state index in [0.717, 1.165) is 0 Å². The molecular weight excluding hydrogens is 695 g/mol. The fraction of sp³-hybridized carbons (Fsp3) is 1.00. The van der Waals surface area contributed by atoms with Crippen molar-refractivity contribution in [1.29, 1.82) is 0 Å². The van der Waals surface area contributed by atoms with Gasteiger partial charge >= 0.3 is 29.6 Å². The Bertz CT molecular complexity index is 1190. The van der Waals surface area contributed by atoms with E-state index in [1.54, 1.807) is 0 Å². The van der Waals surface area contributed by atoms with E-state index in [-0.39, 0.29) is 42.8 Å². The molecule has 20 atom stereocenters. The maximum absolute atomic E-state index is 11.3. The van der Waals surface area contributed by atoms with Crippen molar-refractivity contribution in [3.63, 3.8) is 0 Å². The summed E-state index contributed by atoms with van der Waals surface area (Å²) in [6.07, 6.45) is -30.8. The van der Waals surface area contributed by atoms with Crippen LogP contribution in [0, 0.1) is 0 Å². The average Bonchev–Trinajstić information content (AvgIpc) is 3.48. The molecule has 6 heterocycles. The maximum Gasteiger partial charge on any atom is 1.00 e. The number of hydrogen-bond donors (Lipinski definition) is 9. The van der Waals surface area contributed by atoms with Gasteiger partial charge in [0, 0.05) is 0 Å². The molecule has 6 aliphatic heterocycles. The molecule has 0 radical (unpaired) electrons. The second kappa shape index (κ2) is 15.6. The molecule has 0 saturated carbocycles. The molecule has 24 heteroatoms. The third kappa shape index (κ3) is 7.61. The second-order valence-electron chi connectivity index (χ2n) is 11.9. The van der Waals surface area contributed by atoms with Crippen LogP contribution in [-0.2, 0) is 57.2 Å². The molecule has 4 bridgehead atoms. The minimum atomic E-state index is -5.45. The summed E-state index contributed by atoms with van der Waals surface area (Å²) in [5.74, 6) is 0. The van der Waals surface area contributed by atoms with E-state index in [2.05, 4.69) is 4.18 Å². The Morgan fingerprint density at radius 1 is 0.583 bits per heavy atom. The van der Waals surface area contributed by atoms with Gasteiger partial charge in [-0.2, -0.15) is 0 Å². The SMILES string of the molecule is O=S(=O)([O-])O[C@@H]1[C@H](O[C@H]2O[C@@H]3CO[C@@H](C3O[C@@H]3O[C@H](CO)[C@H](O)[C@H](O[C@H]4O[C@@H]5CO[C@@H](C5O)[C@H]4O)[C@H]3O)[C@H]2O)[C@@H](O)[C@H](O)O[C@@H]1CO.[Na+]. The Morgan fingerprint density at radius 2 is 1.12 bits per heavy atom. The van der Waals surface area contributed by atoms with Crippen molar-refractivity contribution in [1.82, 2.24) is 0 Å². The number of rotatable bonds is 10. The summed E-state index contributed by atoms with van der Waals surface area (Å²) in [4.78, 5) is 0. The predicted octanol–water partition coefficient (Wildman–Crippen LogP) is -11.2. The molecule has 0 amide bonds. The fourth-order valence-electron chi connectivity index (χ4n) is 6.51. The van der Waals surface area contributed by atoms with Gasteiger partial charge in [-0.25, -0.2) is 8.42 Å². The Hall–Kier alpha value is 0.150. The van der Waals surface area contributed by atoms with Crippen LogP contribution in [0.2, 0.25) is 0 Å². The summed E-state index contributed by atoms with van der Waals surface area (Å²) in [5, 5.41) is 93.6. The first kappa shape index (κ1) is 39.4. The van der Waals surface area contributed by atoms with Crippen LogP contribution in [0.15, 0.2) is 0 Å². The molecule has 6 fully saturated rings. The second-order valence-corrected chi connectivity index (χ2v) is 12.9. The molecule has 48 heavy (non-hydrogen) atoms. The Labute approximate surface area is 294 Å². The third-order valence-corrected chi connectivity index (χ3v) is 9.36. The van der Waals surface area contributed by atoms with Gasteiger partial charge in [-0.1, -0.05) is 0 Å². The van der Waals surface area contributed by atoms with Gasteiger partial charge < -0.3 is 93.1 Å². The summed E-state index contributed by atoms with van der Waals surface area (Å²) >= 11 is 0. The van der Waals surface area contributed by atoms with Crippen molar-refractivity contribution >= 4 is 10.4 Å². The van der Waals surface area contributed by atoms with Gasteiger partial charge in [0.15, 0.2) is 25.2 Å². The van der Waals surface area contributed by atoms with E-state index in [4.69, 9.17) is 42.6 Å². The largest absolute Gasteiger partial charge is 1.00 e. The van der Waals surface area contributed by atoms with Crippen molar-refractivity contribution in [3.8, 4) is 0 Å². The van der Waals surface area contributed by atoms with Crippen LogP contribution in [0.1, 0.15) is 0 Å². The zero-order valence-electron chi connectivity index (χ0n) is 25.1. The van der Waals surface area contributed by atoms with Crippen LogP contribution in [0.25, 0.3) is 0 Å². The first-order chi connectivity index (χ1) is 22.2. The summed E-state index contributed by atoms with van der Waals surface area (Å²) in [6, 6.07) is 0. The zero-order valence-corrected chi connectivity index (χ0v) is 27.9. The maximum atomic E-state index is 11.3. The fourth-order valence-corrected chi connectivity index (χ4v) is 7.02. The summed E-state index contributed by atoms with van der Waals surface area (Å²) < 4.78 is 88.3. The molecule has 0 aliphatic carbocycles. The van der Waals surface area contributed by atoms with Crippen LogP contribution in [0.4, 0.5) is 0 Å². The van der Waals surface area contributed by atoms with E-state index in [0.29, 0.717) is 0 Å². The molecule has 0 spiro atoms. The molecule has 22 nitrogen and oxygen atoms in total. The predicted molar refractivity (Wildman–Crippen MR) is 136 cm³/mol. The number of aliphatic hydroxyl groups is 9. The van der Waals surface area contributed by atoms with E-state index < -0.39 is 146 Å². The van der Waals surface area contributed by atoms with Crippen molar-refractivity contribution in [2.24, 2.45) is 0 Å². The van der Waals surface area contributed by atoms with Crippen LogP contribution >= 0.6 is 0 Å². The Kier molecular flexibility index (Phi) is 12.8. The smallest absolute Gasteiger partial charge is 0.726 e. The Balaban J connectivity index is 0.00000451. The molecule has 272 valence electrons. The number of hydrogen-bond acceptors (Lipinski definition) is 22. The van der Waals surface area contributed by atoms with E-state index in [1.165, 1.54) is 0 Å². The van der Waals surface area contributed by atoms with Crippen LogP contribution in [0.5, 0.6) is 0 Å². The van der Waals surface area contributed by atoms with Crippen molar-refractivity contribution < 1.29 is 135 Å². The first-order valence-corrected chi connectivity index (χ1v) is 16.0. The minimum Gasteiger partial charge on any atom is -0.726 e. The van der Waals surface area contributed by atoms with Gasteiger partial charge in [-0.15, -0.1) is 0 Å². The number of fused-ring (bicyclic) bond motifs is 4. The van der Waals surface area contributed by atoms with Gasteiger partial charge in [0.2, 0.25) is 10.4 Å². The van der Waals surface area contributed by atoms with Gasteiger partial charge in [-0.3, -0.25) is 4.18 Å². The average molecular weight is 733 g/mol. The molecule has 2 unspecified atom stereocenters. The first-order valence-electron chi connectivity index (χ1n) is 14.7. The molecular formula is C24H37NaO22S.